The standard InChI is InChI=1S/C19H20BrN3O2/c1-23(2)15-5-3-4-13(10-15)18(24)21-22-19(25)17-11-16(17)12-6-8-14(20)9-7-12/h3-10,16-17H,11H2,1-2H3,(H,21,24)(H,22,25). The van der Waals surface area contributed by atoms with Crippen LogP contribution in [-0.4, -0.2) is 25.9 Å². The van der Waals surface area contributed by atoms with Crippen LogP contribution in [0.1, 0.15) is 28.3 Å². The summed E-state index contributed by atoms with van der Waals surface area (Å²) in [7, 11) is 3.82. The lowest BCUT2D eigenvalue weighted by molar-refractivity contribution is -0.123. The second kappa shape index (κ2) is 7.27. The van der Waals surface area contributed by atoms with Gasteiger partial charge in [0.25, 0.3) is 5.91 Å². The summed E-state index contributed by atoms with van der Waals surface area (Å²) in [4.78, 5) is 26.3. The van der Waals surface area contributed by atoms with Gasteiger partial charge in [-0.2, -0.15) is 0 Å². The molecule has 0 heterocycles. The number of carbonyl (C=O) groups excluding carboxylic acids is 2. The molecule has 2 aromatic carbocycles. The summed E-state index contributed by atoms with van der Waals surface area (Å²) < 4.78 is 1.02. The zero-order valence-electron chi connectivity index (χ0n) is 14.1. The molecule has 0 spiro atoms. The molecule has 0 saturated heterocycles. The minimum atomic E-state index is -0.321. The quantitative estimate of drug-likeness (QED) is 0.773. The van der Waals surface area contributed by atoms with Crippen molar-refractivity contribution in [1.29, 1.82) is 0 Å². The maximum atomic E-state index is 12.2. The molecule has 5 nitrogen and oxygen atoms in total. The first kappa shape index (κ1) is 17.5. The molecule has 1 fully saturated rings. The minimum absolute atomic E-state index is 0.0883. The Labute approximate surface area is 155 Å². The van der Waals surface area contributed by atoms with Gasteiger partial charge in [0.05, 0.1) is 0 Å². The summed E-state index contributed by atoms with van der Waals surface area (Å²) in [6.45, 7) is 0. The number of hydrogen-bond acceptors (Lipinski definition) is 3. The van der Waals surface area contributed by atoms with E-state index in [1.807, 2.05) is 55.4 Å². The normalized spacial score (nSPS) is 18.4. The largest absolute Gasteiger partial charge is 0.378 e. The molecule has 3 rings (SSSR count). The van der Waals surface area contributed by atoms with E-state index in [4.69, 9.17) is 0 Å². The van der Waals surface area contributed by atoms with E-state index in [9.17, 15) is 9.59 Å². The molecule has 0 aliphatic heterocycles. The molecule has 2 unspecified atom stereocenters. The second-order valence-corrected chi connectivity index (χ2v) is 7.30. The first-order valence-corrected chi connectivity index (χ1v) is 8.88. The van der Waals surface area contributed by atoms with Gasteiger partial charge in [0.1, 0.15) is 0 Å². The first-order valence-electron chi connectivity index (χ1n) is 8.09. The predicted molar refractivity (Wildman–Crippen MR) is 101 cm³/mol. The monoisotopic (exact) mass is 401 g/mol. The summed E-state index contributed by atoms with van der Waals surface area (Å²) in [6.07, 6.45) is 0.805. The summed E-state index contributed by atoms with van der Waals surface area (Å²) in [5, 5.41) is 0. The van der Waals surface area contributed by atoms with Crippen LogP contribution in [0.2, 0.25) is 0 Å². The molecule has 25 heavy (non-hydrogen) atoms. The second-order valence-electron chi connectivity index (χ2n) is 6.39. The van der Waals surface area contributed by atoms with E-state index < -0.39 is 0 Å². The average Bonchev–Trinajstić information content (AvgIpc) is 3.41. The summed E-state index contributed by atoms with van der Waals surface area (Å²) in [5.41, 5.74) is 7.62. The number of benzene rings is 2. The lowest BCUT2D eigenvalue weighted by Gasteiger charge is -2.13. The lowest BCUT2D eigenvalue weighted by Crippen LogP contribution is -2.42. The maximum Gasteiger partial charge on any atom is 0.269 e. The van der Waals surface area contributed by atoms with Gasteiger partial charge in [-0.05, 0) is 48.2 Å². The molecule has 2 aromatic rings. The van der Waals surface area contributed by atoms with Crippen LogP contribution in [-0.2, 0) is 4.79 Å². The van der Waals surface area contributed by atoms with Crippen LogP contribution in [0.25, 0.3) is 0 Å². The molecule has 1 aliphatic rings. The number of carbonyl (C=O) groups is 2. The fourth-order valence-electron chi connectivity index (χ4n) is 2.77. The highest BCUT2D eigenvalue weighted by Crippen LogP contribution is 2.47. The molecule has 2 amide bonds. The molecule has 2 atom stereocenters. The van der Waals surface area contributed by atoms with Gasteiger partial charge in [-0.3, -0.25) is 20.4 Å². The van der Waals surface area contributed by atoms with Crippen molar-refractivity contribution in [2.45, 2.75) is 12.3 Å². The lowest BCUT2D eigenvalue weighted by atomic mass is 10.1. The summed E-state index contributed by atoms with van der Waals surface area (Å²) in [5.74, 6) is -0.334. The first-order chi connectivity index (χ1) is 12.0. The Bertz CT molecular complexity index is 790. The van der Waals surface area contributed by atoms with Crippen molar-refractivity contribution in [3.05, 3.63) is 64.1 Å². The van der Waals surface area contributed by atoms with Crippen molar-refractivity contribution >= 4 is 33.4 Å². The molecule has 0 bridgehead atoms. The minimum Gasteiger partial charge on any atom is -0.378 e. The van der Waals surface area contributed by atoms with Crippen LogP contribution in [0.5, 0.6) is 0 Å². The van der Waals surface area contributed by atoms with Gasteiger partial charge < -0.3 is 4.90 Å². The molecule has 0 radical (unpaired) electrons. The Morgan fingerprint density at radius 1 is 1.08 bits per heavy atom. The molecule has 1 saturated carbocycles. The van der Waals surface area contributed by atoms with Gasteiger partial charge in [0, 0.05) is 35.7 Å². The van der Waals surface area contributed by atoms with Crippen molar-refractivity contribution < 1.29 is 9.59 Å². The third-order valence-electron chi connectivity index (χ3n) is 4.35. The Morgan fingerprint density at radius 2 is 1.80 bits per heavy atom. The topological polar surface area (TPSA) is 61.4 Å². The molecular weight excluding hydrogens is 382 g/mol. The van der Waals surface area contributed by atoms with Gasteiger partial charge >= 0.3 is 0 Å². The highest BCUT2D eigenvalue weighted by Gasteiger charge is 2.44. The van der Waals surface area contributed by atoms with Crippen LogP contribution in [0, 0.1) is 5.92 Å². The van der Waals surface area contributed by atoms with Crippen molar-refractivity contribution in [3.63, 3.8) is 0 Å². The SMILES string of the molecule is CN(C)c1cccc(C(=O)NNC(=O)C2CC2c2ccc(Br)cc2)c1. The average molecular weight is 402 g/mol. The number of nitrogens with one attached hydrogen (secondary N) is 2. The van der Waals surface area contributed by atoms with Crippen LogP contribution >= 0.6 is 15.9 Å². The summed E-state index contributed by atoms with van der Waals surface area (Å²) in [6, 6.07) is 15.2. The van der Waals surface area contributed by atoms with Crippen molar-refractivity contribution in [2.75, 3.05) is 19.0 Å². The van der Waals surface area contributed by atoms with E-state index >= 15 is 0 Å². The van der Waals surface area contributed by atoms with Crippen molar-refractivity contribution in [1.82, 2.24) is 10.9 Å². The van der Waals surface area contributed by atoms with E-state index in [0.29, 0.717) is 5.56 Å². The van der Waals surface area contributed by atoms with E-state index in [1.165, 1.54) is 0 Å². The third kappa shape index (κ3) is 4.20. The van der Waals surface area contributed by atoms with Crippen LogP contribution in [0.15, 0.2) is 53.0 Å². The third-order valence-corrected chi connectivity index (χ3v) is 4.88. The van der Waals surface area contributed by atoms with E-state index in [1.54, 1.807) is 12.1 Å². The van der Waals surface area contributed by atoms with Gasteiger partial charge in [0.15, 0.2) is 0 Å². The van der Waals surface area contributed by atoms with Crippen LogP contribution < -0.4 is 15.8 Å². The number of amides is 2. The Morgan fingerprint density at radius 3 is 2.48 bits per heavy atom. The Kier molecular flexibility index (Phi) is 5.08. The van der Waals surface area contributed by atoms with Gasteiger partial charge in [-0.15, -0.1) is 0 Å². The smallest absolute Gasteiger partial charge is 0.269 e. The molecule has 130 valence electrons. The molecule has 1 aliphatic carbocycles. The zero-order valence-corrected chi connectivity index (χ0v) is 15.7. The Hall–Kier alpha value is -2.34. The van der Waals surface area contributed by atoms with Gasteiger partial charge in [-0.25, -0.2) is 0 Å². The molecule has 6 heteroatoms. The fourth-order valence-corrected chi connectivity index (χ4v) is 3.04. The maximum absolute atomic E-state index is 12.2. The van der Waals surface area contributed by atoms with Crippen LogP contribution in [0.3, 0.4) is 0 Å². The number of anilines is 1. The zero-order chi connectivity index (χ0) is 18.0. The van der Waals surface area contributed by atoms with E-state index in [2.05, 4.69) is 26.8 Å². The van der Waals surface area contributed by atoms with E-state index in [0.717, 1.165) is 22.1 Å². The number of halogens is 1. The fraction of sp³-hybridized carbons (Fsp3) is 0.263. The van der Waals surface area contributed by atoms with Crippen molar-refractivity contribution in [3.8, 4) is 0 Å². The van der Waals surface area contributed by atoms with Gasteiger partial charge in [-0.1, -0.05) is 34.1 Å². The Balaban J connectivity index is 1.54. The molecule has 0 aromatic heterocycles. The number of hydrazine groups is 1. The summed E-state index contributed by atoms with van der Waals surface area (Å²) >= 11 is 3.41. The highest BCUT2D eigenvalue weighted by atomic mass is 79.9. The number of nitrogens with zero attached hydrogens (tertiary/aromatic N) is 1. The van der Waals surface area contributed by atoms with Gasteiger partial charge in [0.2, 0.25) is 5.91 Å². The number of hydrogen-bond donors (Lipinski definition) is 2. The molecular formula is C19H20BrN3O2. The molecule has 2 N–H and O–H groups in total. The van der Waals surface area contributed by atoms with E-state index in [-0.39, 0.29) is 23.7 Å². The predicted octanol–water partition coefficient (Wildman–Crippen LogP) is 3.08. The highest BCUT2D eigenvalue weighted by molar-refractivity contribution is 9.10. The van der Waals surface area contributed by atoms with Crippen LogP contribution in [0.4, 0.5) is 5.69 Å². The van der Waals surface area contributed by atoms with Crippen molar-refractivity contribution in [2.24, 2.45) is 5.92 Å². The number of rotatable bonds is 4.